The molecule has 0 aliphatic carbocycles. The fourth-order valence-corrected chi connectivity index (χ4v) is 3.21. The summed E-state index contributed by atoms with van der Waals surface area (Å²) in [5.74, 6) is -0.317. The van der Waals surface area contributed by atoms with Crippen molar-refractivity contribution in [2.75, 3.05) is 18.8 Å². The van der Waals surface area contributed by atoms with Gasteiger partial charge in [-0.05, 0) is 41.8 Å². The molecule has 0 aliphatic rings. The van der Waals surface area contributed by atoms with Crippen LogP contribution in [0.1, 0.15) is 33.8 Å². The first-order valence-electron chi connectivity index (χ1n) is 9.64. The second-order valence-corrected chi connectivity index (χ2v) is 6.82. The van der Waals surface area contributed by atoms with E-state index in [0.29, 0.717) is 17.8 Å². The summed E-state index contributed by atoms with van der Waals surface area (Å²) in [5, 5.41) is 5.52. The zero-order valence-electron chi connectivity index (χ0n) is 16.2. The molecule has 3 rings (SSSR count). The summed E-state index contributed by atoms with van der Waals surface area (Å²) in [7, 11) is 0. The van der Waals surface area contributed by atoms with E-state index in [4.69, 9.17) is 5.73 Å². The van der Waals surface area contributed by atoms with Gasteiger partial charge in [0.2, 0.25) is 5.91 Å². The van der Waals surface area contributed by atoms with Gasteiger partial charge in [0.25, 0.3) is 5.91 Å². The lowest BCUT2D eigenvalue weighted by atomic mass is 9.88. The highest BCUT2D eigenvalue weighted by Gasteiger charge is 2.14. The fraction of sp³-hybridized carbons (Fsp3) is 0.167. The topological polar surface area (TPSA) is 84.2 Å². The highest BCUT2D eigenvalue weighted by Crippen LogP contribution is 2.27. The lowest BCUT2D eigenvalue weighted by molar-refractivity contribution is -0.120. The smallest absolute Gasteiger partial charge is 0.251 e. The second kappa shape index (κ2) is 10.1. The average molecular weight is 387 g/mol. The Labute approximate surface area is 170 Å². The zero-order valence-corrected chi connectivity index (χ0v) is 16.2. The van der Waals surface area contributed by atoms with Crippen LogP contribution in [0.3, 0.4) is 0 Å². The van der Waals surface area contributed by atoms with Gasteiger partial charge < -0.3 is 16.4 Å². The molecule has 3 aromatic rings. The summed E-state index contributed by atoms with van der Waals surface area (Å²) in [6, 6.07) is 27.1. The maximum absolute atomic E-state index is 12.1. The van der Waals surface area contributed by atoms with Crippen LogP contribution in [0.4, 0.5) is 5.69 Å². The summed E-state index contributed by atoms with van der Waals surface area (Å²) >= 11 is 0. The number of hydrogen-bond acceptors (Lipinski definition) is 3. The van der Waals surface area contributed by atoms with Crippen LogP contribution in [0.2, 0.25) is 0 Å². The Kier molecular flexibility index (Phi) is 7.00. The SMILES string of the molecule is Nc1ccc(C(=O)NCC(=O)NCCC(c2ccccc2)c2ccccc2)cc1. The lowest BCUT2D eigenvalue weighted by Gasteiger charge is -2.18. The van der Waals surface area contributed by atoms with Crippen molar-refractivity contribution in [3.63, 3.8) is 0 Å². The zero-order chi connectivity index (χ0) is 20.5. The number of hydrogen-bond donors (Lipinski definition) is 3. The number of rotatable bonds is 8. The molecular weight excluding hydrogens is 362 g/mol. The molecule has 148 valence electrons. The summed E-state index contributed by atoms with van der Waals surface area (Å²) < 4.78 is 0. The molecular formula is C24H25N3O2. The Morgan fingerprint density at radius 1 is 0.759 bits per heavy atom. The van der Waals surface area contributed by atoms with Crippen LogP contribution < -0.4 is 16.4 Å². The fourth-order valence-electron chi connectivity index (χ4n) is 3.21. The molecule has 0 heterocycles. The molecule has 0 bridgehead atoms. The van der Waals surface area contributed by atoms with Crippen molar-refractivity contribution in [2.24, 2.45) is 0 Å². The number of nitrogens with two attached hydrogens (primary N) is 1. The van der Waals surface area contributed by atoms with Gasteiger partial charge in [0, 0.05) is 23.7 Å². The van der Waals surface area contributed by atoms with Gasteiger partial charge in [0.05, 0.1) is 6.54 Å². The molecule has 0 radical (unpaired) electrons. The van der Waals surface area contributed by atoms with Crippen LogP contribution in [-0.2, 0) is 4.79 Å². The summed E-state index contributed by atoms with van der Waals surface area (Å²) in [4.78, 5) is 24.2. The van der Waals surface area contributed by atoms with Crippen LogP contribution in [0, 0.1) is 0 Å². The molecule has 2 amide bonds. The molecule has 0 aliphatic heterocycles. The average Bonchev–Trinajstić information content (AvgIpc) is 2.77. The molecule has 29 heavy (non-hydrogen) atoms. The summed E-state index contributed by atoms with van der Waals surface area (Å²) in [6.07, 6.45) is 0.770. The number of nitrogen functional groups attached to an aromatic ring is 1. The first-order chi connectivity index (χ1) is 14.1. The highest BCUT2D eigenvalue weighted by molar-refractivity contribution is 5.96. The van der Waals surface area contributed by atoms with Crippen LogP contribution in [0.5, 0.6) is 0 Å². The molecule has 5 nitrogen and oxygen atoms in total. The van der Waals surface area contributed by atoms with Crippen LogP contribution in [-0.4, -0.2) is 24.9 Å². The van der Waals surface area contributed by atoms with E-state index in [9.17, 15) is 9.59 Å². The standard InChI is InChI=1S/C24H25N3O2/c25-21-13-11-20(12-14-21)24(29)27-17-23(28)26-16-15-22(18-7-3-1-4-8-18)19-9-5-2-6-10-19/h1-14,22H,15-17,25H2,(H,26,28)(H,27,29). The van der Waals surface area contributed by atoms with Crippen LogP contribution in [0.15, 0.2) is 84.9 Å². The van der Waals surface area contributed by atoms with Crippen LogP contribution in [0.25, 0.3) is 0 Å². The number of anilines is 1. The van der Waals surface area contributed by atoms with E-state index in [2.05, 4.69) is 34.9 Å². The molecule has 0 spiro atoms. The minimum atomic E-state index is -0.299. The van der Waals surface area contributed by atoms with Gasteiger partial charge in [-0.1, -0.05) is 60.7 Å². The Morgan fingerprint density at radius 3 is 1.86 bits per heavy atom. The molecule has 0 saturated heterocycles. The van der Waals surface area contributed by atoms with Crippen molar-refractivity contribution >= 4 is 17.5 Å². The van der Waals surface area contributed by atoms with Crippen molar-refractivity contribution in [1.29, 1.82) is 0 Å². The highest BCUT2D eigenvalue weighted by atomic mass is 16.2. The third-order valence-corrected chi connectivity index (χ3v) is 4.74. The molecule has 0 saturated carbocycles. The third kappa shape index (κ3) is 5.94. The second-order valence-electron chi connectivity index (χ2n) is 6.82. The molecule has 5 heteroatoms. The van der Waals surface area contributed by atoms with Gasteiger partial charge in [0.1, 0.15) is 0 Å². The molecule has 0 aromatic heterocycles. The quantitative estimate of drug-likeness (QED) is 0.518. The molecule has 0 unspecified atom stereocenters. The lowest BCUT2D eigenvalue weighted by Crippen LogP contribution is -2.37. The number of benzene rings is 3. The predicted molar refractivity (Wildman–Crippen MR) is 116 cm³/mol. The van der Waals surface area contributed by atoms with Gasteiger partial charge in [0.15, 0.2) is 0 Å². The van der Waals surface area contributed by atoms with Gasteiger partial charge in [-0.15, -0.1) is 0 Å². The van der Waals surface area contributed by atoms with Crippen LogP contribution >= 0.6 is 0 Å². The van der Waals surface area contributed by atoms with Gasteiger partial charge >= 0.3 is 0 Å². The minimum Gasteiger partial charge on any atom is -0.399 e. The van der Waals surface area contributed by atoms with Crippen molar-refractivity contribution in [3.8, 4) is 0 Å². The minimum absolute atomic E-state index is 0.0649. The molecule has 0 atom stereocenters. The van der Waals surface area contributed by atoms with E-state index in [1.165, 1.54) is 11.1 Å². The van der Waals surface area contributed by atoms with E-state index in [1.54, 1.807) is 24.3 Å². The van der Waals surface area contributed by atoms with E-state index in [1.807, 2.05) is 36.4 Å². The van der Waals surface area contributed by atoms with Crippen molar-refractivity contribution in [2.45, 2.75) is 12.3 Å². The van der Waals surface area contributed by atoms with Gasteiger partial charge in [-0.2, -0.15) is 0 Å². The first kappa shape index (κ1) is 20.1. The predicted octanol–water partition coefficient (Wildman–Crippen LogP) is 3.34. The summed E-state index contributed by atoms with van der Waals surface area (Å²) in [6.45, 7) is 0.454. The molecule has 3 aromatic carbocycles. The summed E-state index contributed by atoms with van der Waals surface area (Å²) in [5.41, 5.74) is 9.10. The maximum atomic E-state index is 12.1. The number of carbonyl (C=O) groups excluding carboxylic acids is 2. The van der Waals surface area contributed by atoms with Gasteiger partial charge in [-0.3, -0.25) is 9.59 Å². The number of nitrogens with one attached hydrogen (secondary N) is 2. The Bertz CT molecular complexity index is 886. The van der Waals surface area contributed by atoms with Crippen molar-refractivity contribution in [3.05, 3.63) is 102 Å². The van der Waals surface area contributed by atoms with Crippen molar-refractivity contribution < 1.29 is 9.59 Å². The molecule has 0 fully saturated rings. The molecule has 4 N–H and O–H groups in total. The van der Waals surface area contributed by atoms with E-state index in [-0.39, 0.29) is 24.3 Å². The van der Waals surface area contributed by atoms with Gasteiger partial charge in [-0.25, -0.2) is 0 Å². The monoisotopic (exact) mass is 387 g/mol. The number of carbonyl (C=O) groups is 2. The van der Waals surface area contributed by atoms with E-state index in [0.717, 1.165) is 6.42 Å². The largest absolute Gasteiger partial charge is 0.399 e. The van der Waals surface area contributed by atoms with E-state index >= 15 is 0 Å². The Morgan fingerprint density at radius 2 is 1.31 bits per heavy atom. The first-order valence-corrected chi connectivity index (χ1v) is 9.64. The third-order valence-electron chi connectivity index (χ3n) is 4.74. The maximum Gasteiger partial charge on any atom is 0.251 e. The van der Waals surface area contributed by atoms with E-state index < -0.39 is 0 Å². The Balaban J connectivity index is 1.51. The number of amides is 2. The Hall–Kier alpha value is -3.60. The van der Waals surface area contributed by atoms with Crippen molar-refractivity contribution in [1.82, 2.24) is 10.6 Å². The normalized spacial score (nSPS) is 10.5.